The molecule has 1 aromatic carbocycles. The Balaban J connectivity index is 1.99. The van der Waals surface area contributed by atoms with Crippen molar-refractivity contribution < 1.29 is 19.4 Å². The van der Waals surface area contributed by atoms with Gasteiger partial charge in [0.25, 0.3) is 0 Å². The van der Waals surface area contributed by atoms with E-state index in [1.165, 1.54) is 0 Å². The number of rotatable bonds is 2. The predicted octanol–water partition coefficient (Wildman–Crippen LogP) is 2.22. The standard InChI is InChI=1S/C13H14BrNO4/c1-6-8(14)3-10-12(19-5-18-10)11(6)9-2-7(4-15-9)13(16)17/h3,7,9,15H,2,4-5H2,1H3,(H,16,17). The Labute approximate surface area is 119 Å². The Morgan fingerprint density at radius 3 is 3.00 bits per heavy atom. The van der Waals surface area contributed by atoms with Crippen molar-refractivity contribution >= 4 is 21.9 Å². The molecule has 2 N–H and O–H groups in total. The molecule has 0 aliphatic carbocycles. The molecule has 5 nitrogen and oxygen atoms in total. The fourth-order valence-corrected chi connectivity index (χ4v) is 3.11. The Hall–Kier alpha value is -1.27. The number of hydrogen-bond donors (Lipinski definition) is 2. The summed E-state index contributed by atoms with van der Waals surface area (Å²) in [6.45, 7) is 2.70. The van der Waals surface area contributed by atoms with E-state index in [-0.39, 0.29) is 18.8 Å². The zero-order chi connectivity index (χ0) is 13.6. The van der Waals surface area contributed by atoms with Crippen molar-refractivity contribution in [3.63, 3.8) is 0 Å². The quantitative estimate of drug-likeness (QED) is 0.871. The number of ether oxygens (including phenoxy) is 2. The van der Waals surface area contributed by atoms with Gasteiger partial charge >= 0.3 is 5.97 Å². The summed E-state index contributed by atoms with van der Waals surface area (Å²) in [5.74, 6) is 0.357. The normalized spacial score (nSPS) is 24.7. The van der Waals surface area contributed by atoms with Crippen molar-refractivity contribution in [2.45, 2.75) is 19.4 Å². The van der Waals surface area contributed by atoms with Crippen molar-refractivity contribution in [3.8, 4) is 11.5 Å². The molecule has 0 spiro atoms. The molecule has 1 fully saturated rings. The van der Waals surface area contributed by atoms with Gasteiger partial charge in [-0.3, -0.25) is 4.79 Å². The van der Waals surface area contributed by atoms with Crippen molar-refractivity contribution in [1.29, 1.82) is 0 Å². The average molecular weight is 328 g/mol. The minimum Gasteiger partial charge on any atom is -0.481 e. The zero-order valence-electron chi connectivity index (χ0n) is 10.4. The number of aliphatic carboxylic acids is 1. The predicted molar refractivity (Wildman–Crippen MR) is 71.5 cm³/mol. The first kappa shape index (κ1) is 12.7. The highest BCUT2D eigenvalue weighted by atomic mass is 79.9. The molecule has 1 saturated heterocycles. The number of halogens is 1. The molecule has 2 heterocycles. The smallest absolute Gasteiger partial charge is 0.307 e. The van der Waals surface area contributed by atoms with Crippen LogP contribution in [0.15, 0.2) is 10.5 Å². The third-order valence-corrected chi connectivity index (χ3v) is 4.56. The minimum atomic E-state index is -0.753. The first-order chi connectivity index (χ1) is 9.08. The molecule has 19 heavy (non-hydrogen) atoms. The van der Waals surface area contributed by atoms with Crippen LogP contribution in [0, 0.1) is 12.8 Å². The second-order valence-electron chi connectivity index (χ2n) is 4.86. The van der Waals surface area contributed by atoms with E-state index >= 15 is 0 Å². The van der Waals surface area contributed by atoms with E-state index in [9.17, 15) is 4.79 Å². The van der Waals surface area contributed by atoms with Crippen LogP contribution in [0.2, 0.25) is 0 Å². The molecule has 0 aromatic heterocycles. The molecule has 0 radical (unpaired) electrons. The average Bonchev–Trinajstić information content (AvgIpc) is 2.99. The maximum absolute atomic E-state index is 11.1. The summed E-state index contributed by atoms with van der Waals surface area (Å²) in [5.41, 5.74) is 2.07. The third-order valence-electron chi connectivity index (χ3n) is 3.73. The van der Waals surface area contributed by atoms with E-state index < -0.39 is 5.97 Å². The topological polar surface area (TPSA) is 67.8 Å². The molecule has 0 amide bonds. The Bertz CT molecular complexity index is 546. The molecule has 6 heteroatoms. The molecule has 1 aromatic rings. The maximum Gasteiger partial charge on any atom is 0.307 e. The highest BCUT2D eigenvalue weighted by Gasteiger charge is 2.35. The lowest BCUT2D eigenvalue weighted by atomic mass is 9.95. The van der Waals surface area contributed by atoms with Gasteiger partial charge in [-0.05, 0) is 25.0 Å². The summed E-state index contributed by atoms with van der Waals surface area (Å²) in [5, 5.41) is 12.4. The Morgan fingerprint density at radius 1 is 1.53 bits per heavy atom. The molecular weight excluding hydrogens is 314 g/mol. The van der Waals surface area contributed by atoms with E-state index in [2.05, 4.69) is 21.2 Å². The van der Waals surface area contributed by atoms with Crippen LogP contribution in [0.4, 0.5) is 0 Å². The molecule has 102 valence electrons. The van der Waals surface area contributed by atoms with Crippen molar-refractivity contribution in [1.82, 2.24) is 5.32 Å². The van der Waals surface area contributed by atoms with Crippen LogP contribution in [0.25, 0.3) is 0 Å². The van der Waals surface area contributed by atoms with Gasteiger partial charge in [0.1, 0.15) is 0 Å². The molecule has 3 rings (SSSR count). The van der Waals surface area contributed by atoms with E-state index in [1.54, 1.807) is 0 Å². The van der Waals surface area contributed by atoms with Gasteiger partial charge in [-0.15, -0.1) is 0 Å². The lowest BCUT2D eigenvalue weighted by Gasteiger charge is -2.17. The van der Waals surface area contributed by atoms with Crippen LogP contribution < -0.4 is 14.8 Å². The van der Waals surface area contributed by atoms with Crippen molar-refractivity contribution in [2.24, 2.45) is 5.92 Å². The van der Waals surface area contributed by atoms with Crippen LogP contribution in [-0.4, -0.2) is 24.4 Å². The fourth-order valence-electron chi connectivity index (χ4n) is 2.69. The lowest BCUT2D eigenvalue weighted by Crippen LogP contribution is -2.17. The van der Waals surface area contributed by atoms with Crippen molar-refractivity contribution in [3.05, 3.63) is 21.7 Å². The van der Waals surface area contributed by atoms with Crippen LogP contribution in [0.5, 0.6) is 11.5 Å². The summed E-state index contributed by atoms with van der Waals surface area (Å²) < 4.78 is 11.9. The number of carboxylic acids is 1. The number of nitrogens with one attached hydrogen (secondary N) is 1. The van der Waals surface area contributed by atoms with Gasteiger partial charge in [0, 0.05) is 22.6 Å². The van der Waals surface area contributed by atoms with Gasteiger partial charge in [0.2, 0.25) is 6.79 Å². The van der Waals surface area contributed by atoms with Gasteiger partial charge in [0.05, 0.1) is 5.92 Å². The SMILES string of the molecule is Cc1c(Br)cc2c(c1C1CC(C(=O)O)CN1)OCO2. The van der Waals surface area contributed by atoms with Crippen LogP contribution >= 0.6 is 15.9 Å². The van der Waals surface area contributed by atoms with Crippen LogP contribution in [0.3, 0.4) is 0 Å². The summed E-state index contributed by atoms with van der Waals surface area (Å²) in [6.07, 6.45) is 0.572. The Morgan fingerprint density at radius 2 is 2.32 bits per heavy atom. The molecule has 2 unspecified atom stereocenters. The first-order valence-electron chi connectivity index (χ1n) is 6.12. The number of carboxylic acid groups (broad SMARTS) is 1. The monoisotopic (exact) mass is 327 g/mol. The van der Waals surface area contributed by atoms with Crippen molar-refractivity contribution in [2.75, 3.05) is 13.3 Å². The van der Waals surface area contributed by atoms with Gasteiger partial charge in [0.15, 0.2) is 11.5 Å². The van der Waals surface area contributed by atoms with Gasteiger partial charge < -0.3 is 19.9 Å². The largest absolute Gasteiger partial charge is 0.481 e. The molecule has 2 aliphatic heterocycles. The summed E-state index contributed by atoms with van der Waals surface area (Å²) in [6, 6.07) is 1.89. The summed E-state index contributed by atoms with van der Waals surface area (Å²) in [4.78, 5) is 11.1. The molecular formula is C13H14BrNO4. The Kier molecular flexibility index (Phi) is 3.14. The second-order valence-corrected chi connectivity index (χ2v) is 5.72. The second kappa shape index (κ2) is 4.68. The molecule has 0 saturated carbocycles. The molecule has 0 bridgehead atoms. The highest BCUT2D eigenvalue weighted by molar-refractivity contribution is 9.10. The van der Waals surface area contributed by atoms with Crippen LogP contribution in [-0.2, 0) is 4.79 Å². The number of hydrogen-bond acceptors (Lipinski definition) is 4. The number of fused-ring (bicyclic) bond motifs is 1. The number of benzene rings is 1. The van der Waals surface area contributed by atoms with E-state index in [1.807, 2.05) is 13.0 Å². The summed E-state index contributed by atoms with van der Waals surface area (Å²) in [7, 11) is 0. The third kappa shape index (κ3) is 2.08. The first-order valence-corrected chi connectivity index (χ1v) is 6.92. The molecule has 2 atom stereocenters. The lowest BCUT2D eigenvalue weighted by molar-refractivity contribution is -0.141. The van der Waals surface area contributed by atoms with Gasteiger partial charge in [-0.2, -0.15) is 0 Å². The maximum atomic E-state index is 11.1. The van der Waals surface area contributed by atoms with E-state index in [0.717, 1.165) is 21.3 Å². The zero-order valence-corrected chi connectivity index (χ0v) is 12.0. The van der Waals surface area contributed by atoms with Gasteiger partial charge in [-0.1, -0.05) is 15.9 Å². The number of carbonyl (C=O) groups is 1. The fraction of sp³-hybridized carbons (Fsp3) is 0.462. The van der Waals surface area contributed by atoms with Gasteiger partial charge in [-0.25, -0.2) is 0 Å². The summed E-state index contributed by atoms with van der Waals surface area (Å²) >= 11 is 3.51. The van der Waals surface area contributed by atoms with E-state index in [0.29, 0.717) is 18.7 Å². The minimum absolute atomic E-state index is 0.00551. The molecule has 2 aliphatic rings. The highest BCUT2D eigenvalue weighted by Crippen LogP contribution is 2.46. The van der Waals surface area contributed by atoms with E-state index in [4.69, 9.17) is 14.6 Å². The van der Waals surface area contributed by atoms with Crippen LogP contribution in [0.1, 0.15) is 23.6 Å².